The smallest absolute Gasteiger partial charge is 0.144 e. The Kier molecular flexibility index (Phi) is 3.63. The Labute approximate surface area is 89.9 Å². The zero-order valence-corrected chi connectivity index (χ0v) is 9.21. The molecule has 0 radical (unpaired) electrons. The van der Waals surface area contributed by atoms with Crippen molar-refractivity contribution in [2.24, 2.45) is 0 Å². The normalized spacial score (nSPS) is 12.5. The molecule has 1 N–H and O–H groups in total. The number of phenols is 1. The zero-order chi connectivity index (χ0) is 10.7. The number of hydrogen-bond donors (Lipinski definition) is 1. The topological polar surface area (TPSA) is 37.3 Å². The van der Waals surface area contributed by atoms with Gasteiger partial charge in [0, 0.05) is 6.42 Å². The quantitative estimate of drug-likeness (QED) is 0.849. The number of benzene rings is 1. The lowest BCUT2D eigenvalue weighted by molar-refractivity contribution is -0.108. The van der Waals surface area contributed by atoms with Gasteiger partial charge in [0.25, 0.3) is 0 Å². The molecule has 0 fully saturated rings. The van der Waals surface area contributed by atoms with Gasteiger partial charge in [0.15, 0.2) is 0 Å². The molecule has 0 saturated heterocycles. The summed E-state index contributed by atoms with van der Waals surface area (Å²) in [5.41, 5.74) is 0.432. The van der Waals surface area contributed by atoms with Gasteiger partial charge in [-0.25, -0.2) is 4.39 Å². The van der Waals surface area contributed by atoms with Crippen molar-refractivity contribution >= 4 is 22.2 Å². The Balaban J connectivity index is 3.10. The van der Waals surface area contributed by atoms with Crippen LogP contribution in [0.1, 0.15) is 24.8 Å². The second-order valence-electron chi connectivity index (χ2n) is 3.11. The second kappa shape index (κ2) is 4.55. The first kappa shape index (κ1) is 11.2. The summed E-state index contributed by atoms with van der Waals surface area (Å²) in [5, 5.41) is 9.18. The first-order valence-electron chi connectivity index (χ1n) is 4.18. The van der Waals surface area contributed by atoms with E-state index in [-0.39, 0.29) is 22.6 Å². The lowest BCUT2D eigenvalue weighted by Gasteiger charge is -2.11. The predicted molar refractivity (Wildman–Crippen MR) is 54.9 cm³/mol. The fraction of sp³-hybridized carbons (Fsp3) is 0.300. The molecule has 4 heteroatoms. The minimum Gasteiger partial charge on any atom is -0.507 e. The highest BCUT2D eigenvalue weighted by molar-refractivity contribution is 9.10. The van der Waals surface area contributed by atoms with Gasteiger partial charge < -0.3 is 9.90 Å². The van der Waals surface area contributed by atoms with Gasteiger partial charge in [0.05, 0.1) is 4.47 Å². The van der Waals surface area contributed by atoms with E-state index in [4.69, 9.17) is 0 Å². The molecule has 0 aliphatic rings. The fourth-order valence-corrected chi connectivity index (χ4v) is 1.57. The Bertz CT molecular complexity index is 352. The number of rotatable bonds is 3. The van der Waals surface area contributed by atoms with Crippen molar-refractivity contribution in [2.45, 2.75) is 19.3 Å². The van der Waals surface area contributed by atoms with Gasteiger partial charge in [-0.1, -0.05) is 13.0 Å². The Morgan fingerprint density at radius 3 is 2.86 bits per heavy atom. The molecule has 1 aromatic rings. The van der Waals surface area contributed by atoms with E-state index in [0.29, 0.717) is 5.56 Å². The summed E-state index contributed by atoms with van der Waals surface area (Å²) in [6, 6.07) is 2.90. The lowest BCUT2D eigenvalue weighted by atomic mass is 9.98. The molecule has 0 spiro atoms. The molecule has 1 rings (SSSR count). The SMILES string of the molecule is CC(CC=O)c1ccc(O)c(Br)c1F. The third-order valence-electron chi connectivity index (χ3n) is 2.07. The number of carbonyl (C=O) groups is 1. The molecule has 0 heterocycles. The summed E-state index contributed by atoms with van der Waals surface area (Å²) in [6.07, 6.45) is 1.03. The van der Waals surface area contributed by atoms with Crippen LogP contribution in [0.4, 0.5) is 4.39 Å². The number of aromatic hydroxyl groups is 1. The highest BCUT2D eigenvalue weighted by Crippen LogP contribution is 2.32. The summed E-state index contributed by atoms with van der Waals surface area (Å²) >= 11 is 2.94. The molecular weight excluding hydrogens is 251 g/mol. The van der Waals surface area contributed by atoms with Crippen molar-refractivity contribution in [1.29, 1.82) is 0 Å². The Morgan fingerprint density at radius 2 is 2.29 bits per heavy atom. The van der Waals surface area contributed by atoms with Crippen LogP contribution in [0.2, 0.25) is 0 Å². The standard InChI is InChI=1S/C10H10BrFO2/c1-6(4-5-13)7-2-3-8(14)9(11)10(7)12/h2-3,5-6,14H,4H2,1H3. The maximum atomic E-state index is 13.5. The van der Waals surface area contributed by atoms with Crippen LogP contribution >= 0.6 is 15.9 Å². The first-order chi connectivity index (χ1) is 6.57. The highest BCUT2D eigenvalue weighted by atomic mass is 79.9. The monoisotopic (exact) mass is 260 g/mol. The fourth-order valence-electron chi connectivity index (χ4n) is 1.21. The predicted octanol–water partition coefficient (Wildman–Crippen LogP) is 2.99. The Hall–Kier alpha value is -0.900. The molecular formula is C10H10BrFO2. The van der Waals surface area contributed by atoms with Crippen molar-refractivity contribution in [3.8, 4) is 5.75 Å². The summed E-state index contributed by atoms with van der Waals surface area (Å²) < 4.78 is 13.6. The molecule has 1 aromatic carbocycles. The van der Waals surface area contributed by atoms with Crippen molar-refractivity contribution in [3.63, 3.8) is 0 Å². The number of aldehydes is 1. The van der Waals surface area contributed by atoms with Gasteiger partial charge in [-0.15, -0.1) is 0 Å². The molecule has 2 nitrogen and oxygen atoms in total. The summed E-state index contributed by atoms with van der Waals surface area (Å²) in [4.78, 5) is 10.3. The van der Waals surface area contributed by atoms with Gasteiger partial charge >= 0.3 is 0 Å². The minimum atomic E-state index is -0.501. The average Bonchev–Trinajstić information content (AvgIpc) is 2.15. The third-order valence-corrected chi connectivity index (χ3v) is 2.83. The molecule has 1 unspecified atom stereocenters. The van der Waals surface area contributed by atoms with E-state index >= 15 is 0 Å². The highest BCUT2D eigenvalue weighted by Gasteiger charge is 2.15. The molecule has 1 atom stereocenters. The van der Waals surface area contributed by atoms with E-state index in [1.807, 2.05) is 0 Å². The van der Waals surface area contributed by atoms with Gasteiger partial charge in [-0.2, -0.15) is 0 Å². The average molecular weight is 261 g/mol. The van der Waals surface area contributed by atoms with Crippen molar-refractivity contribution in [3.05, 3.63) is 28.0 Å². The summed E-state index contributed by atoms with van der Waals surface area (Å²) in [6.45, 7) is 1.76. The third kappa shape index (κ3) is 2.12. The van der Waals surface area contributed by atoms with E-state index in [9.17, 15) is 14.3 Å². The molecule has 0 bridgehead atoms. The largest absolute Gasteiger partial charge is 0.507 e. The molecule has 0 aliphatic heterocycles. The van der Waals surface area contributed by atoms with Crippen molar-refractivity contribution in [1.82, 2.24) is 0 Å². The molecule has 76 valence electrons. The maximum Gasteiger partial charge on any atom is 0.144 e. The number of halogens is 2. The minimum absolute atomic E-state index is 0.0488. The molecule has 0 saturated carbocycles. The van der Waals surface area contributed by atoms with E-state index in [2.05, 4.69) is 15.9 Å². The number of carbonyl (C=O) groups excluding carboxylic acids is 1. The molecule has 0 aromatic heterocycles. The van der Waals surface area contributed by atoms with Crippen LogP contribution < -0.4 is 0 Å². The lowest BCUT2D eigenvalue weighted by Crippen LogP contribution is -1.98. The van der Waals surface area contributed by atoms with Crippen LogP contribution in [0.15, 0.2) is 16.6 Å². The van der Waals surface area contributed by atoms with Crippen molar-refractivity contribution in [2.75, 3.05) is 0 Å². The van der Waals surface area contributed by atoms with Gasteiger partial charge in [0.1, 0.15) is 17.9 Å². The second-order valence-corrected chi connectivity index (χ2v) is 3.90. The van der Waals surface area contributed by atoms with Gasteiger partial charge in [-0.05, 0) is 33.5 Å². The van der Waals surface area contributed by atoms with E-state index in [0.717, 1.165) is 6.29 Å². The van der Waals surface area contributed by atoms with Crippen molar-refractivity contribution < 1.29 is 14.3 Å². The maximum absolute atomic E-state index is 13.5. The van der Waals surface area contributed by atoms with E-state index in [1.54, 1.807) is 6.92 Å². The number of hydrogen-bond acceptors (Lipinski definition) is 2. The Morgan fingerprint density at radius 1 is 1.64 bits per heavy atom. The van der Waals surface area contributed by atoms with E-state index < -0.39 is 5.82 Å². The number of phenolic OH excluding ortho intramolecular Hbond substituents is 1. The first-order valence-corrected chi connectivity index (χ1v) is 4.97. The molecule has 0 amide bonds. The zero-order valence-electron chi connectivity index (χ0n) is 7.63. The van der Waals surface area contributed by atoms with Crippen LogP contribution in [-0.4, -0.2) is 11.4 Å². The van der Waals surface area contributed by atoms with Gasteiger partial charge in [-0.3, -0.25) is 0 Å². The van der Waals surface area contributed by atoms with Crippen LogP contribution in [0.5, 0.6) is 5.75 Å². The van der Waals surface area contributed by atoms with Crippen LogP contribution in [0, 0.1) is 5.82 Å². The molecule has 14 heavy (non-hydrogen) atoms. The van der Waals surface area contributed by atoms with Crippen LogP contribution in [0.3, 0.4) is 0 Å². The molecule has 0 aliphatic carbocycles. The summed E-state index contributed by atoms with van der Waals surface area (Å²) in [5.74, 6) is -0.812. The van der Waals surface area contributed by atoms with Crippen LogP contribution in [-0.2, 0) is 4.79 Å². The summed E-state index contributed by atoms with van der Waals surface area (Å²) in [7, 11) is 0. The van der Waals surface area contributed by atoms with E-state index in [1.165, 1.54) is 12.1 Å². The van der Waals surface area contributed by atoms with Gasteiger partial charge in [0.2, 0.25) is 0 Å². The van der Waals surface area contributed by atoms with Crippen LogP contribution in [0.25, 0.3) is 0 Å².